The second-order valence-corrected chi connectivity index (χ2v) is 1.11. The van der Waals surface area contributed by atoms with Crippen LogP contribution in [-0.2, 0) is 9.59 Å². The Morgan fingerprint density at radius 3 is 1.38 bits per heavy atom. The molecule has 0 saturated carbocycles. The summed E-state index contributed by atoms with van der Waals surface area (Å²) in [5, 5.41) is 0. The van der Waals surface area contributed by atoms with Crippen LogP contribution in [0.5, 0.6) is 0 Å². The van der Waals surface area contributed by atoms with Gasteiger partial charge in [0.1, 0.15) is 6.42 Å². The van der Waals surface area contributed by atoms with Gasteiger partial charge in [-0.15, -0.1) is 24.0 Å². The molecule has 8 heavy (non-hydrogen) atoms. The summed E-state index contributed by atoms with van der Waals surface area (Å²) < 4.78 is 0. The Hall–Kier alpha value is -0.330. The first-order valence-electron chi connectivity index (χ1n) is 1.69. The van der Waals surface area contributed by atoms with Crippen molar-refractivity contribution >= 4 is 35.8 Å². The van der Waals surface area contributed by atoms with Gasteiger partial charge in [-0.05, 0) is 0 Å². The van der Waals surface area contributed by atoms with Gasteiger partial charge in [0.25, 0.3) is 0 Å². The highest BCUT2D eigenvalue weighted by Crippen LogP contribution is 1.68. The summed E-state index contributed by atoms with van der Waals surface area (Å²) in [6.45, 7) is 0. The average molecular weight is 230 g/mol. The largest absolute Gasteiger partial charge is 0.369 e. The molecule has 2 amide bonds. The fourth-order valence-electron chi connectivity index (χ4n) is 0.172. The Balaban J connectivity index is 0. The molecule has 0 aliphatic carbocycles. The number of nitrogens with two attached hydrogens (primary N) is 2. The Morgan fingerprint density at radius 1 is 1.12 bits per heavy atom. The number of carbonyl (C=O) groups excluding carboxylic acids is 2. The molecular formula is C3H7IN2O2. The summed E-state index contributed by atoms with van der Waals surface area (Å²) in [6, 6.07) is 0. The fraction of sp³-hybridized carbons (Fsp3) is 0.333. The van der Waals surface area contributed by atoms with Crippen LogP contribution >= 0.6 is 24.0 Å². The van der Waals surface area contributed by atoms with Crippen LogP contribution in [0.25, 0.3) is 0 Å². The molecule has 0 aliphatic heterocycles. The Kier molecular flexibility index (Phi) is 6.39. The lowest BCUT2D eigenvalue weighted by Gasteiger charge is -1.82. The van der Waals surface area contributed by atoms with E-state index in [1.54, 1.807) is 0 Å². The van der Waals surface area contributed by atoms with Crippen molar-refractivity contribution < 1.29 is 9.59 Å². The molecule has 0 bridgehead atoms. The SMILES string of the molecule is I.NC(=O)CC(N)=O. The maximum atomic E-state index is 9.73. The smallest absolute Gasteiger partial charge is 0.226 e. The van der Waals surface area contributed by atoms with Crippen LogP contribution in [-0.4, -0.2) is 11.8 Å². The van der Waals surface area contributed by atoms with Crippen molar-refractivity contribution in [2.45, 2.75) is 6.42 Å². The van der Waals surface area contributed by atoms with Gasteiger partial charge in [0, 0.05) is 0 Å². The summed E-state index contributed by atoms with van der Waals surface area (Å²) in [5.41, 5.74) is 9.11. The van der Waals surface area contributed by atoms with Crippen molar-refractivity contribution in [1.29, 1.82) is 0 Å². The fourth-order valence-corrected chi connectivity index (χ4v) is 0.172. The summed E-state index contributed by atoms with van der Waals surface area (Å²) in [6.07, 6.45) is -0.361. The maximum Gasteiger partial charge on any atom is 0.226 e. The van der Waals surface area contributed by atoms with Gasteiger partial charge in [-0.2, -0.15) is 0 Å². The molecule has 0 saturated heterocycles. The summed E-state index contributed by atoms with van der Waals surface area (Å²) in [7, 11) is 0. The highest BCUT2D eigenvalue weighted by Gasteiger charge is 1.96. The van der Waals surface area contributed by atoms with Crippen LogP contribution < -0.4 is 11.5 Å². The second kappa shape index (κ2) is 4.82. The third-order valence-corrected chi connectivity index (χ3v) is 0.348. The van der Waals surface area contributed by atoms with Crippen molar-refractivity contribution in [3.8, 4) is 0 Å². The third kappa shape index (κ3) is 9.18. The van der Waals surface area contributed by atoms with Crippen LogP contribution in [0.1, 0.15) is 6.42 Å². The minimum absolute atomic E-state index is 0. The zero-order valence-corrected chi connectivity index (χ0v) is 6.42. The van der Waals surface area contributed by atoms with Gasteiger partial charge in [0.05, 0.1) is 0 Å². The Labute approximate surface area is 63.6 Å². The number of primary amides is 2. The Morgan fingerprint density at radius 2 is 1.38 bits per heavy atom. The average Bonchev–Trinajstić information content (AvgIpc) is 1.27. The van der Waals surface area contributed by atoms with Crippen LogP contribution in [0.2, 0.25) is 0 Å². The van der Waals surface area contributed by atoms with E-state index in [4.69, 9.17) is 0 Å². The molecule has 0 aliphatic rings. The lowest BCUT2D eigenvalue weighted by molar-refractivity contribution is -0.125. The number of hydrogen-bond acceptors (Lipinski definition) is 2. The number of halogens is 1. The van der Waals surface area contributed by atoms with E-state index in [9.17, 15) is 9.59 Å². The minimum Gasteiger partial charge on any atom is -0.369 e. The van der Waals surface area contributed by atoms with Gasteiger partial charge < -0.3 is 11.5 Å². The molecule has 48 valence electrons. The van der Waals surface area contributed by atoms with E-state index in [2.05, 4.69) is 11.5 Å². The molecule has 0 aromatic heterocycles. The first-order valence-corrected chi connectivity index (χ1v) is 1.69. The molecule has 0 fully saturated rings. The van der Waals surface area contributed by atoms with E-state index < -0.39 is 11.8 Å². The highest BCUT2D eigenvalue weighted by molar-refractivity contribution is 14.0. The van der Waals surface area contributed by atoms with Gasteiger partial charge >= 0.3 is 0 Å². The molecule has 0 heterocycles. The number of rotatable bonds is 2. The molecular weight excluding hydrogens is 223 g/mol. The quantitative estimate of drug-likeness (QED) is 0.469. The first kappa shape index (κ1) is 10.6. The summed E-state index contributed by atoms with van der Waals surface area (Å²) in [5.74, 6) is -1.37. The number of amides is 2. The van der Waals surface area contributed by atoms with Crippen LogP contribution in [0.3, 0.4) is 0 Å². The molecule has 0 aromatic carbocycles. The van der Waals surface area contributed by atoms with Crippen molar-refractivity contribution in [2.75, 3.05) is 0 Å². The molecule has 5 heteroatoms. The maximum absolute atomic E-state index is 9.73. The monoisotopic (exact) mass is 230 g/mol. The van der Waals surface area contributed by atoms with E-state index in [0.29, 0.717) is 0 Å². The van der Waals surface area contributed by atoms with Crippen molar-refractivity contribution in [3.63, 3.8) is 0 Å². The lowest BCUT2D eigenvalue weighted by Crippen LogP contribution is -2.21. The van der Waals surface area contributed by atoms with E-state index in [1.807, 2.05) is 0 Å². The van der Waals surface area contributed by atoms with Crippen LogP contribution in [0.4, 0.5) is 0 Å². The topological polar surface area (TPSA) is 86.2 Å². The molecule has 0 spiro atoms. The minimum atomic E-state index is -0.687. The standard InChI is InChI=1S/C3H6N2O2.HI/c4-2(6)1-3(5)7;/h1H2,(H2,4,6)(H2,5,7);1H. The van der Waals surface area contributed by atoms with Gasteiger partial charge in [0.2, 0.25) is 11.8 Å². The van der Waals surface area contributed by atoms with E-state index in [1.165, 1.54) is 0 Å². The van der Waals surface area contributed by atoms with E-state index >= 15 is 0 Å². The zero-order chi connectivity index (χ0) is 5.86. The van der Waals surface area contributed by atoms with Gasteiger partial charge in [-0.25, -0.2) is 0 Å². The normalized spacial score (nSPS) is 7.00. The van der Waals surface area contributed by atoms with Gasteiger partial charge in [0.15, 0.2) is 0 Å². The first-order chi connectivity index (χ1) is 3.13. The zero-order valence-electron chi connectivity index (χ0n) is 4.09. The van der Waals surface area contributed by atoms with E-state index in [0.717, 1.165) is 0 Å². The van der Waals surface area contributed by atoms with Crippen molar-refractivity contribution in [1.82, 2.24) is 0 Å². The molecule has 4 nitrogen and oxygen atoms in total. The molecule has 0 atom stereocenters. The van der Waals surface area contributed by atoms with Crippen LogP contribution in [0.15, 0.2) is 0 Å². The molecule has 4 N–H and O–H groups in total. The van der Waals surface area contributed by atoms with Gasteiger partial charge in [-0.1, -0.05) is 0 Å². The Bertz CT molecular complexity index is 91.5. The molecule has 0 rings (SSSR count). The summed E-state index contributed by atoms with van der Waals surface area (Å²) in [4.78, 5) is 19.5. The molecule has 0 aromatic rings. The molecule has 0 unspecified atom stereocenters. The third-order valence-electron chi connectivity index (χ3n) is 0.348. The second-order valence-electron chi connectivity index (χ2n) is 1.11. The predicted molar refractivity (Wildman–Crippen MR) is 38.4 cm³/mol. The van der Waals surface area contributed by atoms with Crippen LogP contribution in [0, 0.1) is 0 Å². The lowest BCUT2D eigenvalue weighted by atomic mass is 10.4. The number of carbonyl (C=O) groups is 2. The van der Waals surface area contributed by atoms with Crippen molar-refractivity contribution in [2.24, 2.45) is 11.5 Å². The van der Waals surface area contributed by atoms with Crippen molar-refractivity contribution in [3.05, 3.63) is 0 Å². The summed E-state index contributed by atoms with van der Waals surface area (Å²) >= 11 is 0. The number of hydrogen-bond donors (Lipinski definition) is 2. The molecule has 0 radical (unpaired) electrons. The highest BCUT2D eigenvalue weighted by atomic mass is 127. The van der Waals surface area contributed by atoms with E-state index in [-0.39, 0.29) is 30.4 Å². The predicted octanol–water partition coefficient (Wildman–Crippen LogP) is -1.03. The van der Waals surface area contributed by atoms with Gasteiger partial charge in [-0.3, -0.25) is 9.59 Å².